The van der Waals surface area contributed by atoms with Gasteiger partial charge in [0.05, 0.1) is 5.02 Å². The summed E-state index contributed by atoms with van der Waals surface area (Å²) in [7, 11) is -3.69. The van der Waals surface area contributed by atoms with Crippen molar-refractivity contribution in [2.24, 2.45) is 17.6 Å². The van der Waals surface area contributed by atoms with E-state index in [9.17, 15) is 12.8 Å². The molecule has 2 fully saturated rings. The molecule has 1 saturated heterocycles. The summed E-state index contributed by atoms with van der Waals surface area (Å²) in [5.74, 6) is 0.0504. The highest BCUT2D eigenvalue weighted by Gasteiger charge is 2.45. The van der Waals surface area contributed by atoms with Gasteiger partial charge in [-0.25, -0.2) is 12.8 Å². The van der Waals surface area contributed by atoms with E-state index in [2.05, 4.69) is 0 Å². The molecule has 0 aromatic heterocycles. The SMILES string of the molecule is Cc1cc(S(=O)(=O)N2CC3CCC(N)C3C2)c(Cl)cc1F. The molecule has 2 N–H and O–H groups in total. The Kier molecular flexibility index (Phi) is 3.76. The van der Waals surface area contributed by atoms with E-state index in [-0.39, 0.29) is 27.4 Å². The molecular formula is C14H18ClFN2O2S. The van der Waals surface area contributed by atoms with E-state index in [4.69, 9.17) is 17.3 Å². The average molecular weight is 333 g/mol. The third-order valence-corrected chi connectivity index (χ3v) is 7.01. The van der Waals surface area contributed by atoms with Gasteiger partial charge >= 0.3 is 0 Å². The number of hydrogen-bond donors (Lipinski definition) is 1. The Morgan fingerprint density at radius 2 is 2.05 bits per heavy atom. The van der Waals surface area contributed by atoms with Crippen molar-refractivity contribution in [2.45, 2.75) is 30.7 Å². The highest BCUT2D eigenvalue weighted by molar-refractivity contribution is 7.89. The maximum absolute atomic E-state index is 13.5. The van der Waals surface area contributed by atoms with Gasteiger partial charge in [-0.05, 0) is 49.3 Å². The first-order valence-corrected chi connectivity index (χ1v) is 8.84. The number of rotatable bonds is 2. The smallest absolute Gasteiger partial charge is 0.244 e. The fourth-order valence-corrected chi connectivity index (χ4v) is 5.54. The van der Waals surface area contributed by atoms with Gasteiger partial charge in [0.25, 0.3) is 0 Å². The van der Waals surface area contributed by atoms with Gasteiger partial charge in [0.1, 0.15) is 10.7 Å². The summed E-state index contributed by atoms with van der Waals surface area (Å²) < 4.78 is 40.4. The highest BCUT2D eigenvalue weighted by atomic mass is 35.5. The molecule has 1 aromatic carbocycles. The fourth-order valence-electron chi connectivity index (χ4n) is 3.43. The van der Waals surface area contributed by atoms with Crippen LogP contribution in [-0.4, -0.2) is 31.9 Å². The molecule has 2 aliphatic rings. The van der Waals surface area contributed by atoms with Crippen molar-refractivity contribution in [2.75, 3.05) is 13.1 Å². The minimum absolute atomic E-state index is 0.0170. The lowest BCUT2D eigenvalue weighted by molar-refractivity contribution is 0.427. The lowest BCUT2D eigenvalue weighted by Crippen LogP contribution is -2.33. The van der Waals surface area contributed by atoms with Crippen LogP contribution in [0.5, 0.6) is 0 Å². The molecule has 0 bridgehead atoms. The second-order valence-corrected chi connectivity index (χ2v) is 8.33. The number of nitrogens with zero attached hydrogens (tertiary/aromatic N) is 1. The van der Waals surface area contributed by atoms with Crippen LogP contribution in [-0.2, 0) is 10.0 Å². The monoisotopic (exact) mass is 332 g/mol. The van der Waals surface area contributed by atoms with E-state index >= 15 is 0 Å². The second kappa shape index (κ2) is 5.19. The van der Waals surface area contributed by atoms with Gasteiger partial charge in [-0.2, -0.15) is 4.31 Å². The second-order valence-electron chi connectivity index (χ2n) is 6.02. The number of hydrogen-bond acceptors (Lipinski definition) is 3. The Bertz CT molecular complexity index is 680. The van der Waals surface area contributed by atoms with Crippen molar-refractivity contribution in [3.8, 4) is 0 Å². The summed E-state index contributed by atoms with van der Waals surface area (Å²) in [6, 6.07) is 2.44. The van der Waals surface area contributed by atoms with Crippen molar-refractivity contribution in [3.05, 3.63) is 28.5 Å². The van der Waals surface area contributed by atoms with Crippen molar-refractivity contribution < 1.29 is 12.8 Å². The zero-order chi connectivity index (χ0) is 15.4. The van der Waals surface area contributed by atoms with Crippen LogP contribution in [0.4, 0.5) is 4.39 Å². The van der Waals surface area contributed by atoms with Crippen molar-refractivity contribution in [1.29, 1.82) is 0 Å². The van der Waals surface area contributed by atoms with Crippen LogP contribution in [0.15, 0.2) is 17.0 Å². The normalized spacial score (nSPS) is 29.8. The van der Waals surface area contributed by atoms with Crippen molar-refractivity contribution in [1.82, 2.24) is 4.31 Å². The van der Waals surface area contributed by atoms with Gasteiger partial charge in [0.15, 0.2) is 0 Å². The van der Waals surface area contributed by atoms with Crippen LogP contribution in [0, 0.1) is 24.6 Å². The number of nitrogens with two attached hydrogens (primary N) is 1. The summed E-state index contributed by atoms with van der Waals surface area (Å²) in [5, 5.41) is -0.0699. The standard InChI is InChI=1S/C14H18ClFN2O2S/c1-8-4-14(11(15)5-12(8)16)21(19,20)18-6-9-2-3-13(17)10(9)7-18/h4-5,9-10,13H,2-3,6-7,17H2,1H3. The predicted molar refractivity (Wildman–Crippen MR) is 79.1 cm³/mol. The Labute approximate surface area is 129 Å². The van der Waals surface area contributed by atoms with Gasteiger partial charge in [-0.1, -0.05) is 11.6 Å². The minimum atomic E-state index is -3.69. The molecule has 0 amide bonds. The van der Waals surface area contributed by atoms with Gasteiger partial charge in [0.2, 0.25) is 10.0 Å². The van der Waals surface area contributed by atoms with E-state index in [1.807, 2.05) is 0 Å². The number of aryl methyl sites for hydroxylation is 1. The highest BCUT2D eigenvalue weighted by Crippen LogP contribution is 2.40. The first-order valence-electron chi connectivity index (χ1n) is 7.02. The first kappa shape index (κ1) is 15.2. The molecule has 4 nitrogen and oxygen atoms in total. The van der Waals surface area contributed by atoms with Crippen LogP contribution in [0.1, 0.15) is 18.4 Å². The molecule has 7 heteroatoms. The van der Waals surface area contributed by atoms with E-state index < -0.39 is 15.8 Å². The number of fused-ring (bicyclic) bond motifs is 1. The molecule has 0 radical (unpaired) electrons. The Morgan fingerprint density at radius 1 is 1.33 bits per heavy atom. The van der Waals surface area contributed by atoms with Crippen LogP contribution in [0.25, 0.3) is 0 Å². The van der Waals surface area contributed by atoms with Crippen LogP contribution >= 0.6 is 11.6 Å². The third kappa shape index (κ3) is 2.48. The molecule has 0 spiro atoms. The van der Waals surface area contributed by atoms with Crippen LogP contribution in [0.3, 0.4) is 0 Å². The molecule has 3 atom stereocenters. The topological polar surface area (TPSA) is 63.4 Å². The van der Waals surface area contributed by atoms with Gasteiger partial charge in [-0.15, -0.1) is 0 Å². The molecule has 3 unspecified atom stereocenters. The first-order chi connectivity index (χ1) is 9.80. The summed E-state index contributed by atoms with van der Waals surface area (Å²) in [5.41, 5.74) is 6.31. The number of benzene rings is 1. The van der Waals surface area contributed by atoms with E-state index in [1.165, 1.54) is 17.3 Å². The van der Waals surface area contributed by atoms with Crippen LogP contribution < -0.4 is 5.73 Å². The summed E-state index contributed by atoms with van der Waals surface area (Å²) in [6.07, 6.45) is 1.92. The largest absolute Gasteiger partial charge is 0.327 e. The zero-order valence-corrected chi connectivity index (χ0v) is 13.3. The molecule has 21 heavy (non-hydrogen) atoms. The minimum Gasteiger partial charge on any atom is -0.327 e. The Balaban J connectivity index is 1.94. The van der Waals surface area contributed by atoms with Crippen LogP contribution in [0.2, 0.25) is 5.02 Å². The summed E-state index contributed by atoms with van der Waals surface area (Å²) >= 11 is 5.94. The van der Waals surface area contributed by atoms with Crippen molar-refractivity contribution >= 4 is 21.6 Å². The molecule has 1 saturated carbocycles. The molecule has 1 heterocycles. The van der Waals surface area contributed by atoms with Gasteiger partial charge < -0.3 is 5.73 Å². The van der Waals surface area contributed by atoms with E-state index in [0.29, 0.717) is 19.0 Å². The molecule has 1 aromatic rings. The summed E-state index contributed by atoms with van der Waals surface area (Å²) in [4.78, 5) is -0.0170. The molecule has 116 valence electrons. The van der Waals surface area contributed by atoms with E-state index in [1.54, 1.807) is 0 Å². The lowest BCUT2D eigenvalue weighted by Gasteiger charge is -2.19. The predicted octanol–water partition coefficient (Wildman–Crippen LogP) is 2.15. The summed E-state index contributed by atoms with van der Waals surface area (Å²) in [6.45, 7) is 2.44. The average Bonchev–Trinajstić information content (AvgIpc) is 2.97. The number of sulfonamides is 1. The molecular weight excluding hydrogens is 315 g/mol. The van der Waals surface area contributed by atoms with Crippen molar-refractivity contribution in [3.63, 3.8) is 0 Å². The quantitative estimate of drug-likeness (QED) is 0.902. The molecule has 1 aliphatic heterocycles. The maximum atomic E-state index is 13.5. The molecule has 3 rings (SSSR count). The lowest BCUT2D eigenvalue weighted by atomic mass is 9.98. The zero-order valence-electron chi connectivity index (χ0n) is 11.7. The third-order valence-electron chi connectivity index (χ3n) is 4.71. The maximum Gasteiger partial charge on any atom is 0.244 e. The fraction of sp³-hybridized carbons (Fsp3) is 0.571. The van der Waals surface area contributed by atoms with E-state index in [0.717, 1.165) is 18.9 Å². The Morgan fingerprint density at radius 3 is 2.71 bits per heavy atom. The number of halogens is 2. The van der Waals surface area contributed by atoms with Gasteiger partial charge in [0, 0.05) is 19.1 Å². The molecule has 1 aliphatic carbocycles. The van der Waals surface area contributed by atoms with Gasteiger partial charge in [-0.3, -0.25) is 0 Å². The Hall–Kier alpha value is -0.690.